The number of aromatic nitrogens is 2. The van der Waals surface area contributed by atoms with Crippen molar-refractivity contribution in [1.82, 2.24) is 15.2 Å². The van der Waals surface area contributed by atoms with Gasteiger partial charge in [-0.3, -0.25) is 19.6 Å². The van der Waals surface area contributed by atoms with Crippen molar-refractivity contribution in [2.45, 2.75) is 26.8 Å². The third-order valence-corrected chi connectivity index (χ3v) is 3.84. The van der Waals surface area contributed by atoms with Crippen LogP contribution in [-0.4, -0.2) is 26.8 Å². The average molecular weight is 350 g/mol. The van der Waals surface area contributed by atoms with Gasteiger partial charge in [-0.25, -0.2) is 5.43 Å². The van der Waals surface area contributed by atoms with E-state index in [1.54, 1.807) is 38.1 Å². The third kappa shape index (κ3) is 3.60. The zero-order valence-electron chi connectivity index (χ0n) is 13.4. The minimum absolute atomic E-state index is 0.0887. The molecule has 9 heteroatoms. The Morgan fingerprint density at radius 3 is 2.71 bits per heavy atom. The van der Waals surface area contributed by atoms with Crippen molar-refractivity contribution in [2.24, 2.45) is 5.10 Å². The van der Waals surface area contributed by atoms with Crippen LogP contribution in [0.25, 0.3) is 0 Å². The first-order chi connectivity index (χ1) is 11.3. The summed E-state index contributed by atoms with van der Waals surface area (Å²) in [6.07, 6.45) is 1.43. The van der Waals surface area contributed by atoms with E-state index in [0.29, 0.717) is 16.3 Å². The van der Waals surface area contributed by atoms with Gasteiger partial charge in [0.05, 0.1) is 11.1 Å². The molecule has 0 aliphatic carbocycles. The van der Waals surface area contributed by atoms with E-state index in [1.165, 1.54) is 17.8 Å². The van der Waals surface area contributed by atoms with Crippen LogP contribution in [0.2, 0.25) is 5.02 Å². The number of nitrogens with zero attached hydrogens (tertiary/aromatic N) is 4. The normalized spacial score (nSPS) is 12.3. The molecule has 0 saturated carbocycles. The molecule has 0 fully saturated rings. The molecule has 0 saturated heterocycles. The second kappa shape index (κ2) is 7.22. The fourth-order valence-corrected chi connectivity index (χ4v) is 2.43. The maximum Gasteiger partial charge on any atom is 0.312 e. The van der Waals surface area contributed by atoms with Gasteiger partial charge in [-0.1, -0.05) is 29.8 Å². The summed E-state index contributed by atoms with van der Waals surface area (Å²) < 4.78 is 1.31. The Morgan fingerprint density at radius 2 is 2.12 bits per heavy atom. The molecule has 0 aliphatic rings. The first-order valence-electron chi connectivity index (χ1n) is 7.10. The molecule has 1 aromatic carbocycles. The van der Waals surface area contributed by atoms with E-state index in [-0.39, 0.29) is 11.4 Å². The number of hydrazone groups is 1. The lowest BCUT2D eigenvalue weighted by molar-refractivity contribution is -0.386. The molecule has 126 valence electrons. The molecule has 24 heavy (non-hydrogen) atoms. The molecular formula is C15H16ClN5O3. The second-order valence-corrected chi connectivity index (χ2v) is 5.56. The molecule has 0 bridgehead atoms. The number of carbonyl (C=O) groups is 1. The number of nitrogens with one attached hydrogen (secondary N) is 1. The van der Waals surface area contributed by atoms with Gasteiger partial charge >= 0.3 is 5.69 Å². The van der Waals surface area contributed by atoms with Gasteiger partial charge in [-0.05, 0) is 26.8 Å². The lowest BCUT2D eigenvalue weighted by atomic mass is 10.2. The Kier molecular flexibility index (Phi) is 5.30. The molecule has 0 radical (unpaired) electrons. The van der Waals surface area contributed by atoms with Crippen LogP contribution < -0.4 is 5.43 Å². The summed E-state index contributed by atoms with van der Waals surface area (Å²) in [5.74, 6) is -0.446. The van der Waals surface area contributed by atoms with Crippen LogP contribution in [0.3, 0.4) is 0 Å². The Hall–Kier alpha value is -2.74. The quantitative estimate of drug-likeness (QED) is 0.509. The molecule has 0 aliphatic heterocycles. The van der Waals surface area contributed by atoms with Crippen molar-refractivity contribution in [2.75, 3.05) is 0 Å². The van der Waals surface area contributed by atoms with E-state index in [2.05, 4.69) is 15.6 Å². The number of rotatable bonds is 5. The predicted octanol–water partition coefficient (Wildman–Crippen LogP) is 2.77. The molecule has 0 spiro atoms. The maximum absolute atomic E-state index is 12.2. The monoisotopic (exact) mass is 349 g/mol. The number of amides is 1. The van der Waals surface area contributed by atoms with Gasteiger partial charge in [0.1, 0.15) is 17.4 Å². The van der Waals surface area contributed by atoms with Crippen molar-refractivity contribution >= 4 is 29.4 Å². The lowest BCUT2D eigenvalue weighted by Gasteiger charge is -2.11. The number of hydrogen-bond acceptors (Lipinski definition) is 5. The van der Waals surface area contributed by atoms with Gasteiger partial charge in [-0.2, -0.15) is 10.2 Å². The average Bonchev–Trinajstić information content (AvgIpc) is 2.83. The van der Waals surface area contributed by atoms with Crippen molar-refractivity contribution in [3.63, 3.8) is 0 Å². The molecule has 8 nitrogen and oxygen atoms in total. The highest BCUT2D eigenvalue weighted by molar-refractivity contribution is 6.33. The highest BCUT2D eigenvalue weighted by Crippen LogP contribution is 2.24. The van der Waals surface area contributed by atoms with Crippen molar-refractivity contribution in [3.8, 4) is 0 Å². The van der Waals surface area contributed by atoms with Crippen LogP contribution >= 0.6 is 11.6 Å². The zero-order chi connectivity index (χ0) is 17.9. The Labute approximate surface area is 143 Å². The molecule has 2 rings (SSSR count). The minimum atomic E-state index is -0.749. The Balaban J connectivity index is 2.12. The van der Waals surface area contributed by atoms with Crippen LogP contribution in [-0.2, 0) is 4.79 Å². The van der Waals surface area contributed by atoms with Crippen molar-refractivity contribution in [3.05, 3.63) is 56.4 Å². The van der Waals surface area contributed by atoms with Crippen LogP contribution in [0.15, 0.2) is 29.4 Å². The standard InChI is InChI=1S/C15H16ClN5O3/c1-9-14(21(23)24)10(2)20(19-9)11(3)15(22)18-17-8-12-6-4-5-7-13(12)16/h4-8,11H,1-3H3,(H,18,22)/b17-8-/t11-/m1/s1. The van der Waals surface area contributed by atoms with Crippen molar-refractivity contribution in [1.29, 1.82) is 0 Å². The molecule has 1 N–H and O–H groups in total. The molecular weight excluding hydrogens is 334 g/mol. The van der Waals surface area contributed by atoms with Crippen LogP contribution in [0.1, 0.15) is 29.9 Å². The Morgan fingerprint density at radius 1 is 1.46 bits per heavy atom. The number of aryl methyl sites for hydroxylation is 1. The first-order valence-corrected chi connectivity index (χ1v) is 7.48. The summed E-state index contributed by atoms with van der Waals surface area (Å²) in [6, 6.07) is 6.30. The van der Waals surface area contributed by atoms with E-state index in [0.717, 1.165) is 0 Å². The fraction of sp³-hybridized carbons (Fsp3) is 0.267. The summed E-state index contributed by atoms with van der Waals surface area (Å²) in [6.45, 7) is 4.67. The van der Waals surface area contributed by atoms with Gasteiger partial charge in [-0.15, -0.1) is 0 Å². The Bertz CT molecular complexity index is 815. The van der Waals surface area contributed by atoms with Gasteiger partial charge in [0.25, 0.3) is 5.91 Å². The van der Waals surface area contributed by atoms with Gasteiger partial charge < -0.3 is 0 Å². The molecule has 2 aromatic rings. The summed E-state index contributed by atoms with van der Waals surface area (Å²) >= 11 is 5.99. The predicted molar refractivity (Wildman–Crippen MR) is 90.3 cm³/mol. The smallest absolute Gasteiger partial charge is 0.271 e. The zero-order valence-corrected chi connectivity index (χ0v) is 14.1. The van der Waals surface area contributed by atoms with Gasteiger partial charge in [0, 0.05) is 10.6 Å². The van der Waals surface area contributed by atoms with Crippen LogP contribution in [0, 0.1) is 24.0 Å². The van der Waals surface area contributed by atoms with E-state index in [4.69, 9.17) is 11.6 Å². The van der Waals surface area contributed by atoms with E-state index in [9.17, 15) is 14.9 Å². The van der Waals surface area contributed by atoms with E-state index >= 15 is 0 Å². The number of nitro groups is 1. The first kappa shape index (κ1) is 17.6. The van der Waals surface area contributed by atoms with E-state index in [1.807, 2.05) is 0 Å². The SMILES string of the molecule is Cc1nn([C@H](C)C(=O)N/N=C\c2ccccc2Cl)c(C)c1[N+](=O)[O-]. The molecule has 1 heterocycles. The topological polar surface area (TPSA) is 102 Å². The largest absolute Gasteiger partial charge is 0.312 e. The molecule has 1 amide bonds. The number of hydrogen-bond donors (Lipinski definition) is 1. The number of halogens is 1. The molecule has 0 unspecified atom stereocenters. The number of benzene rings is 1. The minimum Gasteiger partial charge on any atom is -0.271 e. The highest BCUT2D eigenvalue weighted by atomic mass is 35.5. The summed E-state index contributed by atoms with van der Waals surface area (Å²) in [4.78, 5) is 22.7. The molecule has 1 atom stereocenters. The van der Waals surface area contributed by atoms with E-state index < -0.39 is 16.9 Å². The number of carbonyl (C=O) groups excluding carboxylic acids is 1. The van der Waals surface area contributed by atoms with Crippen molar-refractivity contribution < 1.29 is 9.72 Å². The van der Waals surface area contributed by atoms with Gasteiger partial charge in [0.15, 0.2) is 0 Å². The summed E-state index contributed by atoms with van der Waals surface area (Å²) in [5.41, 5.74) is 3.53. The second-order valence-electron chi connectivity index (χ2n) is 5.15. The van der Waals surface area contributed by atoms with Crippen LogP contribution in [0.4, 0.5) is 5.69 Å². The maximum atomic E-state index is 12.2. The van der Waals surface area contributed by atoms with Gasteiger partial charge in [0.2, 0.25) is 0 Å². The highest BCUT2D eigenvalue weighted by Gasteiger charge is 2.26. The third-order valence-electron chi connectivity index (χ3n) is 3.50. The fourth-order valence-electron chi connectivity index (χ4n) is 2.25. The molecule has 1 aromatic heterocycles. The summed E-state index contributed by atoms with van der Waals surface area (Å²) in [7, 11) is 0. The lowest BCUT2D eigenvalue weighted by Crippen LogP contribution is -2.28. The van der Waals surface area contributed by atoms with Crippen LogP contribution in [0.5, 0.6) is 0 Å². The summed E-state index contributed by atoms with van der Waals surface area (Å²) in [5, 5.41) is 19.5.